The minimum atomic E-state index is -0.496. The zero-order chi connectivity index (χ0) is 24.9. The maximum Gasteiger partial charge on any atom is 0.283 e. The summed E-state index contributed by atoms with van der Waals surface area (Å²) in [6.45, 7) is 6.79. The van der Waals surface area contributed by atoms with Gasteiger partial charge < -0.3 is 14.2 Å². The van der Waals surface area contributed by atoms with E-state index >= 15 is 0 Å². The highest BCUT2D eigenvalue weighted by Crippen LogP contribution is 2.38. The average Bonchev–Trinajstić information content (AvgIpc) is 3.25. The molecule has 8 nitrogen and oxygen atoms in total. The number of carbonyl (C=O) groups is 1. The van der Waals surface area contributed by atoms with Gasteiger partial charge in [-0.25, -0.2) is 0 Å². The first-order valence-corrected chi connectivity index (χ1v) is 12.4. The maximum absolute atomic E-state index is 12.6. The third-order valence-electron chi connectivity index (χ3n) is 5.12. The molecule has 0 atom stereocenters. The van der Waals surface area contributed by atoms with Gasteiger partial charge in [-0.1, -0.05) is 36.7 Å². The molecular formula is C25H25ClN4O4S. The third-order valence-corrected chi connectivity index (χ3v) is 6.46. The summed E-state index contributed by atoms with van der Waals surface area (Å²) in [5.74, 6) is 1.10. The van der Waals surface area contributed by atoms with Gasteiger partial charge in [0.25, 0.3) is 5.91 Å². The predicted molar refractivity (Wildman–Crippen MR) is 140 cm³/mol. The number of aryl methyl sites for hydroxylation is 1. The van der Waals surface area contributed by atoms with E-state index in [2.05, 4.69) is 10.1 Å². The number of nitrogens with zero attached hydrogens (tertiary/aromatic N) is 3. The minimum Gasteiger partial charge on any atom is -0.490 e. The van der Waals surface area contributed by atoms with Gasteiger partial charge in [-0.15, -0.1) is 0 Å². The molecule has 2 aliphatic rings. The number of ether oxygens (including phenoxy) is 3. The lowest BCUT2D eigenvalue weighted by molar-refractivity contribution is -0.114. The van der Waals surface area contributed by atoms with Gasteiger partial charge in [-0.3, -0.25) is 10.2 Å². The molecule has 0 saturated heterocycles. The Hall–Kier alpha value is -3.30. The summed E-state index contributed by atoms with van der Waals surface area (Å²) in [6, 6.07) is 11.1. The lowest BCUT2D eigenvalue weighted by Gasteiger charge is -2.20. The summed E-state index contributed by atoms with van der Waals surface area (Å²) in [4.78, 5) is 16.7. The first-order valence-electron chi connectivity index (χ1n) is 11.2. The van der Waals surface area contributed by atoms with Crippen LogP contribution in [-0.4, -0.2) is 46.8 Å². The number of fused-ring (bicyclic) bond motifs is 1. The summed E-state index contributed by atoms with van der Waals surface area (Å²) in [7, 11) is 0. The summed E-state index contributed by atoms with van der Waals surface area (Å²) in [5, 5.41) is 15.8. The van der Waals surface area contributed by atoms with Crippen LogP contribution in [0.4, 0.5) is 0 Å². The van der Waals surface area contributed by atoms with Crippen molar-refractivity contribution in [3.8, 4) is 17.2 Å². The first kappa shape index (κ1) is 24.8. The van der Waals surface area contributed by atoms with Crippen LogP contribution in [0.3, 0.4) is 0 Å². The van der Waals surface area contributed by atoms with Crippen molar-refractivity contribution in [1.82, 2.24) is 5.01 Å². The molecule has 0 aromatic heterocycles. The molecule has 0 unspecified atom stereocenters. The summed E-state index contributed by atoms with van der Waals surface area (Å²) in [6.07, 6.45) is 2.26. The fourth-order valence-electron chi connectivity index (χ4n) is 3.43. The van der Waals surface area contributed by atoms with E-state index in [9.17, 15) is 4.79 Å². The molecule has 35 heavy (non-hydrogen) atoms. The third kappa shape index (κ3) is 5.52. The van der Waals surface area contributed by atoms with Crippen LogP contribution in [0.2, 0.25) is 5.02 Å². The van der Waals surface area contributed by atoms with Crippen molar-refractivity contribution in [2.75, 3.05) is 19.8 Å². The number of amides is 1. The lowest BCUT2D eigenvalue weighted by Crippen LogP contribution is -2.35. The fourth-order valence-corrected chi connectivity index (χ4v) is 4.53. The molecule has 0 fully saturated rings. The van der Waals surface area contributed by atoms with Crippen LogP contribution in [0, 0.1) is 12.3 Å². The standard InChI is InChI=1S/C25H25ClN4O4S/c1-4-21-29-30-23(27)17(24(31)28-25(30)35-21)12-16-13-18(26)22(20(14-16)32-5-2)34-11-10-33-19-9-7-6-8-15(19)3/h6-9,12-14,27H,4-5,10-11H2,1-3H3. The van der Waals surface area contributed by atoms with Crippen LogP contribution < -0.4 is 14.2 Å². The first-order chi connectivity index (χ1) is 16.9. The molecule has 10 heteroatoms. The largest absolute Gasteiger partial charge is 0.490 e. The van der Waals surface area contributed by atoms with Crippen molar-refractivity contribution in [1.29, 1.82) is 5.41 Å². The maximum atomic E-state index is 12.6. The molecule has 2 aromatic carbocycles. The van der Waals surface area contributed by atoms with E-state index in [1.807, 2.05) is 45.0 Å². The predicted octanol–water partition coefficient (Wildman–Crippen LogP) is 5.53. The van der Waals surface area contributed by atoms with Crippen LogP contribution in [0.5, 0.6) is 17.2 Å². The highest BCUT2D eigenvalue weighted by Gasteiger charge is 2.35. The van der Waals surface area contributed by atoms with Crippen LogP contribution >= 0.6 is 23.4 Å². The highest BCUT2D eigenvalue weighted by molar-refractivity contribution is 8.26. The number of amidine groups is 2. The monoisotopic (exact) mass is 512 g/mol. The lowest BCUT2D eigenvalue weighted by atomic mass is 10.1. The van der Waals surface area contributed by atoms with E-state index in [0.717, 1.165) is 16.4 Å². The second-order valence-electron chi connectivity index (χ2n) is 7.59. The topological polar surface area (TPSA) is 96.6 Å². The number of halogens is 1. The van der Waals surface area contributed by atoms with Gasteiger partial charge in [0.1, 0.15) is 24.0 Å². The van der Waals surface area contributed by atoms with Gasteiger partial charge in [0, 0.05) is 0 Å². The Morgan fingerprint density at radius 2 is 1.89 bits per heavy atom. The molecule has 0 radical (unpaired) electrons. The van der Waals surface area contributed by atoms with Crippen LogP contribution in [0.15, 0.2) is 52.1 Å². The molecular weight excluding hydrogens is 488 g/mol. The van der Waals surface area contributed by atoms with Gasteiger partial charge >= 0.3 is 0 Å². The zero-order valence-electron chi connectivity index (χ0n) is 19.6. The zero-order valence-corrected chi connectivity index (χ0v) is 21.2. The Morgan fingerprint density at radius 1 is 1.11 bits per heavy atom. The van der Waals surface area contributed by atoms with Crippen molar-refractivity contribution >= 4 is 51.4 Å². The average molecular weight is 513 g/mol. The molecule has 0 aliphatic carbocycles. The van der Waals surface area contributed by atoms with Crippen LogP contribution in [-0.2, 0) is 4.79 Å². The number of carbonyl (C=O) groups excluding carboxylic acids is 1. The van der Waals surface area contributed by atoms with Gasteiger partial charge in [-0.05, 0) is 67.4 Å². The number of para-hydroxylation sites is 1. The molecule has 0 bridgehead atoms. The van der Waals surface area contributed by atoms with Crippen LogP contribution in [0.25, 0.3) is 6.08 Å². The van der Waals surface area contributed by atoms with Crippen molar-refractivity contribution in [2.45, 2.75) is 27.2 Å². The number of rotatable bonds is 9. The highest BCUT2D eigenvalue weighted by atomic mass is 35.5. The number of thioether (sulfide) groups is 1. The molecule has 0 spiro atoms. The molecule has 1 amide bonds. The molecule has 2 aliphatic heterocycles. The molecule has 182 valence electrons. The van der Waals surface area contributed by atoms with E-state index in [0.29, 0.717) is 46.9 Å². The Labute approximate surface area is 213 Å². The van der Waals surface area contributed by atoms with Gasteiger partial charge in [0.15, 0.2) is 17.3 Å². The quantitative estimate of drug-likeness (QED) is 0.350. The van der Waals surface area contributed by atoms with Crippen molar-refractivity contribution in [3.05, 3.63) is 58.1 Å². The Balaban J connectivity index is 1.52. The normalized spacial score (nSPS) is 16.2. The van der Waals surface area contributed by atoms with Gasteiger partial charge in [0.2, 0.25) is 5.17 Å². The SMILES string of the molecule is CCOc1cc(C=C2C(=N)N3N=C(CC)SC3=NC2=O)cc(Cl)c1OCCOc1ccccc1C. The molecule has 4 rings (SSSR count). The summed E-state index contributed by atoms with van der Waals surface area (Å²) >= 11 is 7.83. The summed E-state index contributed by atoms with van der Waals surface area (Å²) < 4.78 is 17.4. The Morgan fingerprint density at radius 3 is 2.63 bits per heavy atom. The number of hydrogen-bond acceptors (Lipinski definition) is 7. The minimum absolute atomic E-state index is 0.0290. The molecule has 0 saturated carbocycles. The molecule has 1 N–H and O–H groups in total. The Kier molecular flexibility index (Phi) is 7.77. The van der Waals surface area contributed by atoms with Crippen molar-refractivity contribution < 1.29 is 19.0 Å². The fraction of sp³-hybridized carbons (Fsp3) is 0.280. The second kappa shape index (κ2) is 11.0. The molecule has 2 aromatic rings. The smallest absolute Gasteiger partial charge is 0.283 e. The van der Waals surface area contributed by atoms with Crippen molar-refractivity contribution in [2.24, 2.45) is 10.1 Å². The van der Waals surface area contributed by atoms with Crippen molar-refractivity contribution in [3.63, 3.8) is 0 Å². The van der Waals surface area contributed by atoms with E-state index in [1.54, 1.807) is 18.2 Å². The Bertz CT molecular complexity index is 1260. The molecule has 2 heterocycles. The van der Waals surface area contributed by atoms with Gasteiger partial charge in [0.05, 0.1) is 17.2 Å². The number of hydrazone groups is 1. The van der Waals surface area contributed by atoms with Gasteiger partial charge in [-0.2, -0.15) is 15.1 Å². The summed E-state index contributed by atoms with van der Waals surface area (Å²) in [5.41, 5.74) is 1.75. The number of hydrogen-bond donors (Lipinski definition) is 1. The van der Waals surface area contributed by atoms with E-state index in [-0.39, 0.29) is 18.0 Å². The number of benzene rings is 2. The van der Waals surface area contributed by atoms with E-state index in [1.165, 1.54) is 16.8 Å². The van der Waals surface area contributed by atoms with E-state index < -0.39 is 5.91 Å². The van der Waals surface area contributed by atoms with E-state index in [4.69, 9.17) is 31.2 Å². The van der Waals surface area contributed by atoms with Crippen LogP contribution in [0.1, 0.15) is 31.4 Å². The number of aliphatic imine (C=N–C) groups is 1. The number of nitrogens with one attached hydrogen (secondary N) is 1. The second-order valence-corrected chi connectivity index (χ2v) is 9.04.